The van der Waals surface area contributed by atoms with Gasteiger partial charge in [0, 0.05) is 0 Å². The minimum atomic E-state index is -1.11. The van der Waals surface area contributed by atoms with Crippen LogP contribution in [-0.2, 0) is 22.6 Å². The van der Waals surface area contributed by atoms with Crippen LogP contribution >= 0.6 is 0 Å². The van der Waals surface area contributed by atoms with Crippen molar-refractivity contribution in [1.29, 1.82) is 0 Å². The second-order valence-corrected chi connectivity index (χ2v) is 6.17. The van der Waals surface area contributed by atoms with E-state index >= 15 is 0 Å². The fourth-order valence-corrected chi connectivity index (χ4v) is 2.86. The van der Waals surface area contributed by atoms with Gasteiger partial charge in [-0.1, -0.05) is 42.5 Å². The van der Waals surface area contributed by atoms with Crippen molar-refractivity contribution in [3.8, 4) is 5.75 Å². The van der Waals surface area contributed by atoms with Gasteiger partial charge in [-0.2, -0.15) is 0 Å². The van der Waals surface area contributed by atoms with Crippen LogP contribution in [0.25, 0.3) is 0 Å². The molecule has 0 heterocycles. The van der Waals surface area contributed by atoms with E-state index in [1.807, 2.05) is 56.3 Å². The normalized spacial score (nSPS) is 11.8. The molecule has 5 heteroatoms. The minimum absolute atomic E-state index is 0.183. The number of carbonyl (C=O) groups is 2. The fraction of sp³-hybridized carbons (Fsp3) is 0.300. The van der Waals surface area contributed by atoms with E-state index in [2.05, 4.69) is 0 Å². The summed E-state index contributed by atoms with van der Waals surface area (Å²) in [5.74, 6) is -2.36. The van der Waals surface area contributed by atoms with Crippen LogP contribution in [0.1, 0.15) is 28.7 Å². The first kappa shape index (κ1) is 18.5. The molecule has 0 radical (unpaired) electrons. The first-order valence-electron chi connectivity index (χ1n) is 8.08. The molecule has 1 atom stereocenters. The molecule has 2 aromatic rings. The van der Waals surface area contributed by atoms with Crippen LogP contribution in [0, 0.1) is 19.8 Å². The number of hydrogen-bond donors (Lipinski definition) is 2. The van der Waals surface area contributed by atoms with E-state index in [-0.39, 0.29) is 12.8 Å². The molecular formula is C20H22O5. The van der Waals surface area contributed by atoms with Crippen molar-refractivity contribution in [2.75, 3.05) is 0 Å². The Labute approximate surface area is 146 Å². The number of aryl methyl sites for hydroxylation is 2. The summed E-state index contributed by atoms with van der Waals surface area (Å²) in [6, 6.07) is 13.6. The van der Waals surface area contributed by atoms with Gasteiger partial charge in [0.15, 0.2) is 0 Å². The molecule has 0 aliphatic heterocycles. The Balaban J connectivity index is 2.13. The minimum Gasteiger partial charge on any atom is -0.488 e. The second-order valence-electron chi connectivity index (χ2n) is 6.17. The smallest absolute Gasteiger partial charge is 0.307 e. The van der Waals surface area contributed by atoms with Crippen molar-refractivity contribution in [2.24, 2.45) is 5.92 Å². The third-order valence-electron chi connectivity index (χ3n) is 4.00. The Morgan fingerprint density at radius 3 is 2.12 bits per heavy atom. The fourth-order valence-electron chi connectivity index (χ4n) is 2.86. The average Bonchev–Trinajstić information content (AvgIpc) is 2.54. The third kappa shape index (κ3) is 5.35. The largest absolute Gasteiger partial charge is 0.488 e. The van der Waals surface area contributed by atoms with E-state index in [0.29, 0.717) is 6.61 Å². The van der Waals surface area contributed by atoms with E-state index in [1.54, 1.807) is 0 Å². The highest BCUT2D eigenvalue weighted by Crippen LogP contribution is 2.27. The molecule has 0 aliphatic rings. The van der Waals surface area contributed by atoms with Crippen LogP contribution < -0.4 is 4.74 Å². The first-order chi connectivity index (χ1) is 11.9. The number of carboxylic acids is 2. The first-order valence-corrected chi connectivity index (χ1v) is 8.08. The van der Waals surface area contributed by atoms with Gasteiger partial charge in [0.2, 0.25) is 0 Å². The molecule has 0 aliphatic carbocycles. The summed E-state index contributed by atoms with van der Waals surface area (Å²) in [5, 5.41) is 18.1. The lowest BCUT2D eigenvalue weighted by atomic mass is 9.94. The predicted octanol–water partition coefficient (Wildman–Crippen LogP) is 3.60. The molecule has 0 saturated carbocycles. The Bertz CT molecular complexity index is 729. The molecular weight excluding hydrogens is 320 g/mol. The molecule has 0 spiro atoms. The van der Waals surface area contributed by atoms with Crippen molar-refractivity contribution >= 4 is 11.9 Å². The Morgan fingerprint density at radius 2 is 1.60 bits per heavy atom. The predicted molar refractivity (Wildman–Crippen MR) is 93.8 cm³/mol. The van der Waals surface area contributed by atoms with Gasteiger partial charge in [0.05, 0.1) is 12.3 Å². The van der Waals surface area contributed by atoms with E-state index in [9.17, 15) is 14.7 Å². The van der Waals surface area contributed by atoms with Crippen molar-refractivity contribution in [2.45, 2.75) is 33.3 Å². The summed E-state index contributed by atoms with van der Waals surface area (Å²) >= 11 is 0. The molecule has 2 N–H and O–H groups in total. The van der Waals surface area contributed by atoms with Gasteiger partial charge in [-0.3, -0.25) is 9.59 Å². The molecule has 1 unspecified atom stereocenters. The summed E-state index contributed by atoms with van der Waals surface area (Å²) in [6.07, 6.45) is -0.206. The monoisotopic (exact) mass is 342 g/mol. The molecule has 0 aromatic heterocycles. The SMILES string of the molecule is Cc1cc(CC(CC(=O)O)C(=O)O)cc(C)c1OCc1ccccc1. The Kier molecular flexibility index (Phi) is 6.17. The van der Waals surface area contributed by atoms with Crippen molar-refractivity contribution in [3.05, 3.63) is 64.7 Å². The highest BCUT2D eigenvalue weighted by Gasteiger charge is 2.22. The lowest BCUT2D eigenvalue weighted by molar-refractivity contribution is -0.148. The van der Waals surface area contributed by atoms with Gasteiger partial charge in [-0.05, 0) is 42.5 Å². The van der Waals surface area contributed by atoms with Crippen LogP contribution in [0.15, 0.2) is 42.5 Å². The number of ether oxygens (including phenoxy) is 1. The van der Waals surface area contributed by atoms with Crippen LogP contribution in [0.5, 0.6) is 5.75 Å². The van der Waals surface area contributed by atoms with E-state index in [4.69, 9.17) is 9.84 Å². The van der Waals surface area contributed by atoms with Crippen LogP contribution in [-0.4, -0.2) is 22.2 Å². The number of hydrogen-bond acceptors (Lipinski definition) is 3. The number of aliphatic carboxylic acids is 2. The molecule has 0 bridgehead atoms. The molecule has 5 nitrogen and oxygen atoms in total. The maximum Gasteiger partial charge on any atom is 0.307 e. The highest BCUT2D eigenvalue weighted by molar-refractivity contribution is 5.78. The molecule has 0 saturated heterocycles. The van der Waals surface area contributed by atoms with Crippen LogP contribution in [0.3, 0.4) is 0 Å². The Hall–Kier alpha value is -2.82. The number of carboxylic acid groups (broad SMARTS) is 2. The van der Waals surface area contributed by atoms with Crippen molar-refractivity contribution in [3.63, 3.8) is 0 Å². The van der Waals surface area contributed by atoms with Crippen LogP contribution in [0.2, 0.25) is 0 Å². The average molecular weight is 342 g/mol. The number of rotatable bonds is 8. The van der Waals surface area contributed by atoms with Gasteiger partial charge in [-0.25, -0.2) is 0 Å². The summed E-state index contributed by atoms with van der Waals surface area (Å²) in [7, 11) is 0. The summed E-state index contributed by atoms with van der Waals surface area (Å²) in [5.41, 5.74) is 3.68. The second kappa shape index (κ2) is 8.33. The summed E-state index contributed by atoms with van der Waals surface area (Å²) < 4.78 is 5.92. The standard InChI is InChI=1S/C20H22O5/c1-13-8-16(10-17(20(23)24)11-18(21)22)9-14(2)19(13)25-12-15-6-4-3-5-7-15/h3-9,17H,10-12H2,1-2H3,(H,21,22)(H,23,24). The zero-order valence-corrected chi connectivity index (χ0v) is 14.4. The van der Waals surface area contributed by atoms with E-state index < -0.39 is 17.9 Å². The molecule has 2 rings (SSSR count). The van der Waals surface area contributed by atoms with Crippen molar-refractivity contribution in [1.82, 2.24) is 0 Å². The maximum absolute atomic E-state index is 11.2. The van der Waals surface area contributed by atoms with E-state index in [0.717, 1.165) is 28.0 Å². The zero-order valence-electron chi connectivity index (χ0n) is 14.4. The van der Waals surface area contributed by atoms with Gasteiger partial charge < -0.3 is 14.9 Å². The van der Waals surface area contributed by atoms with Gasteiger partial charge in [0.25, 0.3) is 0 Å². The summed E-state index contributed by atoms with van der Waals surface area (Å²) in [6.45, 7) is 4.27. The quantitative estimate of drug-likeness (QED) is 0.766. The maximum atomic E-state index is 11.2. The molecule has 0 fully saturated rings. The topological polar surface area (TPSA) is 83.8 Å². The lowest BCUT2D eigenvalue weighted by Gasteiger charge is -2.16. The van der Waals surface area contributed by atoms with Crippen LogP contribution in [0.4, 0.5) is 0 Å². The van der Waals surface area contributed by atoms with Gasteiger partial charge in [-0.15, -0.1) is 0 Å². The number of benzene rings is 2. The van der Waals surface area contributed by atoms with E-state index in [1.165, 1.54) is 0 Å². The molecule has 2 aromatic carbocycles. The summed E-state index contributed by atoms with van der Waals surface area (Å²) in [4.78, 5) is 22.1. The molecule has 25 heavy (non-hydrogen) atoms. The third-order valence-corrected chi connectivity index (χ3v) is 4.00. The molecule has 132 valence electrons. The molecule has 0 amide bonds. The van der Waals surface area contributed by atoms with Crippen molar-refractivity contribution < 1.29 is 24.5 Å². The lowest BCUT2D eigenvalue weighted by Crippen LogP contribution is -2.20. The Morgan fingerprint density at radius 1 is 1.00 bits per heavy atom. The zero-order chi connectivity index (χ0) is 18.4. The van der Waals surface area contributed by atoms with Gasteiger partial charge >= 0.3 is 11.9 Å². The highest BCUT2D eigenvalue weighted by atomic mass is 16.5. The van der Waals surface area contributed by atoms with Gasteiger partial charge in [0.1, 0.15) is 12.4 Å².